The average Bonchev–Trinajstić information content (AvgIpc) is 2.62. The molecule has 1 rings (SSSR count). The summed E-state index contributed by atoms with van der Waals surface area (Å²) in [5, 5.41) is 0. The van der Waals surface area contributed by atoms with Crippen molar-refractivity contribution >= 4 is 5.78 Å². The Labute approximate surface area is 159 Å². The van der Waals surface area contributed by atoms with E-state index in [1.54, 1.807) is 0 Å². The van der Waals surface area contributed by atoms with Crippen molar-refractivity contribution in [3.8, 4) is 0 Å². The molecule has 26 heavy (non-hydrogen) atoms. The van der Waals surface area contributed by atoms with Crippen LogP contribution in [0.25, 0.3) is 0 Å². The molecule has 0 radical (unpaired) electrons. The predicted molar refractivity (Wildman–Crippen MR) is 103 cm³/mol. The molecule has 0 N–H and O–H groups in total. The Bertz CT molecular complexity index is 354. The molecule has 1 aliphatic heterocycles. The van der Waals surface area contributed by atoms with Gasteiger partial charge in [0, 0.05) is 18.4 Å². The van der Waals surface area contributed by atoms with E-state index in [1.165, 1.54) is 0 Å². The number of carbonyl (C=O) groups is 1. The lowest BCUT2D eigenvalue weighted by molar-refractivity contribution is -0.127. The smallest absolute Gasteiger partial charge is 0.138 e. The zero-order valence-corrected chi connectivity index (χ0v) is 17.2. The molecule has 0 unspecified atom stereocenters. The molecule has 1 heterocycles. The maximum absolute atomic E-state index is 12.0. The van der Waals surface area contributed by atoms with E-state index in [0.29, 0.717) is 45.4 Å². The summed E-state index contributed by atoms with van der Waals surface area (Å²) in [6, 6.07) is 0. The SMILES string of the molecule is CC(C)OCCOCCOCCOCCN1CCC(C(=O)C(C)C)CC1. The molecule has 0 atom stereocenters. The molecule has 0 spiro atoms. The van der Waals surface area contributed by atoms with E-state index in [9.17, 15) is 4.79 Å². The van der Waals surface area contributed by atoms with Crippen molar-refractivity contribution in [2.24, 2.45) is 11.8 Å². The van der Waals surface area contributed by atoms with Crippen molar-refractivity contribution in [1.82, 2.24) is 4.90 Å². The summed E-state index contributed by atoms with van der Waals surface area (Å²) in [4.78, 5) is 14.4. The fourth-order valence-corrected chi connectivity index (χ4v) is 2.99. The summed E-state index contributed by atoms with van der Waals surface area (Å²) in [7, 11) is 0. The zero-order valence-electron chi connectivity index (χ0n) is 17.2. The third-order valence-electron chi connectivity index (χ3n) is 4.53. The molecule has 154 valence electrons. The number of piperidine rings is 1. The van der Waals surface area contributed by atoms with Crippen LogP contribution in [0.4, 0.5) is 0 Å². The zero-order chi connectivity index (χ0) is 19.2. The Balaban J connectivity index is 1.85. The summed E-state index contributed by atoms with van der Waals surface area (Å²) in [5.41, 5.74) is 0. The third-order valence-corrected chi connectivity index (χ3v) is 4.53. The fourth-order valence-electron chi connectivity index (χ4n) is 2.99. The van der Waals surface area contributed by atoms with Crippen LogP contribution in [-0.2, 0) is 23.7 Å². The van der Waals surface area contributed by atoms with Crippen molar-refractivity contribution in [3.63, 3.8) is 0 Å². The monoisotopic (exact) mass is 373 g/mol. The van der Waals surface area contributed by atoms with E-state index in [2.05, 4.69) is 4.90 Å². The minimum atomic E-state index is 0.161. The van der Waals surface area contributed by atoms with Crippen LogP contribution in [0.3, 0.4) is 0 Å². The molecule has 0 saturated carbocycles. The van der Waals surface area contributed by atoms with Crippen LogP contribution in [0.5, 0.6) is 0 Å². The van der Waals surface area contributed by atoms with E-state index in [-0.39, 0.29) is 17.9 Å². The molecule has 0 aromatic carbocycles. The lowest BCUT2D eigenvalue weighted by atomic mass is 9.87. The highest BCUT2D eigenvalue weighted by Crippen LogP contribution is 2.20. The number of rotatable bonds is 15. The molecule has 0 aromatic rings. The van der Waals surface area contributed by atoms with E-state index < -0.39 is 0 Å². The minimum Gasteiger partial charge on any atom is -0.378 e. The number of ether oxygens (including phenoxy) is 4. The first-order valence-corrected chi connectivity index (χ1v) is 10.1. The molecule has 6 heteroatoms. The summed E-state index contributed by atoms with van der Waals surface area (Å²) < 4.78 is 21.9. The van der Waals surface area contributed by atoms with Crippen LogP contribution >= 0.6 is 0 Å². The summed E-state index contributed by atoms with van der Waals surface area (Å²) in [5.74, 6) is 0.850. The van der Waals surface area contributed by atoms with Gasteiger partial charge in [-0.15, -0.1) is 0 Å². The van der Waals surface area contributed by atoms with Crippen molar-refractivity contribution < 1.29 is 23.7 Å². The van der Waals surface area contributed by atoms with Gasteiger partial charge < -0.3 is 23.8 Å². The molecule has 0 bridgehead atoms. The van der Waals surface area contributed by atoms with Gasteiger partial charge in [-0.25, -0.2) is 0 Å². The van der Waals surface area contributed by atoms with Gasteiger partial charge in [0.1, 0.15) is 5.78 Å². The normalized spacial score (nSPS) is 16.7. The van der Waals surface area contributed by atoms with Gasteiger partial charge in [0.2, 0.25) is 0 Å². The first kappa shape index (κ1) is 23.5. The van der Waals surface area contributed by atoms with E-state index >= 15 is 0 Å². The number of hydrogen-bond donors (Lipinski definition) is 0. The van der Waals surface area contributed by atoms with Gasteiger partial charge in [0.25, 0.3) is 0 Å². The first-order valence-electron chi connectivity index (χ1n) is 10.1. The van der Waals surface area contributed by atoms with Gasteiger partial charge >= 0.3 is 0 Å². The molecule has 0 amide bonds. The second-order valence-corrected chi connectivity index (χ2v) is 7.43. The Kier molecular flexibility index (Phi) is 13.1. The standard InChI is InChI=1S/C20H39NO5/c1-17(2)20(22)19-5-7-21(8-6-19)9-10-23-11-12-24-13-14-25-15-16-26-18(3)4/h17-19H,5-16H2,1-4H3. The molecular formula is C20H39NO5. The largest absolute Gasteiger partial charge is 0.378 e. The minimum absolute atomic E-state index is 0.161. The molecule has 0 aliphatic carbocycles. The van der Waals surface area contributed by atoms with E-state index in [0.717, 1.165) is 39.1 Å². The molecular weight excluding hydrogens is 334 g/mol. The highest BCUT2D eigenvalue weighted by atomic mass is 16.6. The molecule has 1 saturated heterocycles. The molecule has 1 fully saturated rings. The lowest BCUT2D eigenvalue weighted by Gasteiger charge is -2.31. The van der Waals surface area contributed by atoms with Crippen LogP contribution in [0.15, 0.2) is 0 Å². The fraction of sp³-hybridized carbons (Fsp3) is 0.950. The topological polar surface area (TPSA) is 57.2 Å². The first-order chi connectivity index (χ1) is 12.5. The van der Waals surface area contributed by atoms with Crippen molar-refractivity contribution in [1.29, 1.82) is 0 Å². The van der Waals surface area contributed by atoms with Gasteiger partial charge in [0.05, 0.1) is 52.4 Å². The second kappa shape index (κ2) is 14.5. The van der Waals surface area contributed by atoms with Crippen molar-refractivity contribution in [2.75, 3.05) is 65.9 Å². The van der Waals surface area contributed by atoms with Gasteiger partial charge in [-0.05, 0) is 39.8 Å². The van der Waals surface area contributed by atoms with Gasteiger partial charge in [-0.1, -0.05) is 13.8 Å². The van der Waals surface area contributed by atoms with Crippen LogP contribution in [0, 0.1) is 11.8 Å². The Morgan fingerprint density at radius 1 is 0.846 bits per heavy atom. The quantitative estimate of drug-likeness (QED) is 0.411. The Hall–Kier alpha value is -0.530. The number of nitrogens with zero attached hydrogens (tertiary/aromatic N) is 1. The maximum Gasteiger partial charge on any atom is 0.138 e. The van der Waals surface area contributed by atoms with Crippen molar-refractivity contribution in [3.05, 3.63) is 0 Å². The van der Waals surface area contributed by atoms with Gasteiger partial charge in [-0.2, -0.15) is 0 Å². The number of carbonyl (C=O) groups excluding carboxylic acids is 1. The van der Waals surface area contributed by atoms with E-state index in [1.807, 2.05) is 27.7 Å². The molecule has 1 aliphatic rings. The van der Waals surface area contributed by atoms with Gasteiger partial charge in [0.15, 0.2) is 0 Å². The number of Topliss-reactive ketones (excluding diaryl/α,β-unsaturated/α-hetero) is 1. The summed E-state index contributed by atoms with van der Waals surface area (Å²) in [6.45, 7) is 15.3. The summed E-state index contributed by atoms with van der Waals surface area (Å²) in [6.07, 6.45) is 2.23. The molecule has 6 nitrogen and oxygen atoms in total. The van der Waals surface area contributed by atoms with Crippen LogP contribution in [0.2, 0.25) is 0 Å². The van der Waals surface area contributed by atoms with Crippen LogP contribution in [-0.4, -0.2) is 82.7 Å². The lowest BCUT2D eigenvalue weighted by Crippen LogP contribution is -2.39. The number of ketones is 1. The number of likely N-dealkylation sites (tertiary alicyclic amines) is 1. The summed E-state index contributed by atoms with van der Waals surface area (Å²) >= 11 is 0. The van der Waals surface area contributed by atoms with Gasteiger partial charge in [-0.3, -0.25) is 4.79 Å². The second-order valence-electron chi connectivity index (χ2n) is 7.43. The number of hydrogen-bond acceptors (Lipinski definition) is 6. The van der Waals surface area contributed by atoms with Crippen molar-refractivity contribution in [2.45, 2.75) is 46.6 Å². The predicted octanol–water partition coefficient (Wildman–Crippen LogP) is 2.40. The van der Waals surface area contributed by atoms with Crippen LogP contribution in [0.1, 0.15) is 40.5 Å². The Morgan fingerprint density at radius 2 is 1.35 bits per heavy atom. The Morgan fingerprint density at radius 3 is 1.85 bits per heavy atom. The maximum atomic E-state index is 12.0. The molecule has 0 aromatic heterocycles. The highest BCUT2D eigenvalue weighted by molar-refractivity contribution is 5.82. The highest BCUT2D eigenvalue weighted by Gasteiger charge is 2.25. The third kappa shape index (κ3) is 11.2. The van der Waals surface area contributed by atoms with E-state index in [4.69, 9.17) is 18.9 Å². The van der Waals surface area contributed by atoms with Crippen LogP contribution < -0.4 is 0 Å². The average molecular weight is 374 g/mol.